The van der Waals surface area contributed by atoms with Gasteiger partial charge >= 0.3 is 6.03 Å². The third-order valence-corrected chi connectivity index (χ3v) is 4.57. The maximum atomic E-state index is 12.8. The molecule has 5 heteroatoms. The summed E-state index contributed by atoms with van der Waals surface area (Å²) in [6.45, 7) is 11.2. The second-order valence-electron chi connectivity index (χ2n) is 7.04. The largest absolute Gasteiger partial charge is 0.343 e. The van der Waals surface area contributed by atoms with Crippen molar-refractivity contribution in [3.05, 3.63) is 29.3 Å². The Morgan fingerprint density at radius 1 is 1.12 bits per heavy atom. The quantitative estimate of drug-likeness (QED) is 0.921. The summed E-state index contributed by atoms with van der Waals surface area (Å²) in [6, 6.07) is 6.30. The molecule has 1 saturated heterocycles. The molecule has 0 radical (unpaired) electrons. The maximum absolute atomic E-state index is 12.8. The fourth-order valence-electron chi connectivity index (χ4n) is 3.52. The Hall–Kier alpha value is -2.04. The summed E-state index contributed by atoms with van der Waals surface area (Å²) in [5, 5.41) is 3.04. The summed E-state index contributed by atoms with van der Waals surface area (Å²) in [7, 11) is 0. The van der Waals surface area contributed by atoms with E-state index in [1.54, 1.807) is 6.92 Å². The standard InChI is InChI=1S/C19H29N3O2/c1-13(2)22(18-6-8-21(9-7-18)16(5)23)19(24)20-17-11-14(3)10-15(4)12-17/h10-13,18H,6-9H2,1-5H3,(H,20,24). The zero-order valence-electron chi connectivity index (χ0n) is 15.4. The molecular formula is C19H29N3O2. The average molecular weight is 331 g/mol. The van der Waals surface area contributed by atoms with Crippen LogP contribution in [0, 0.1) is 13.8 Å². The zero-order valence-corrected chi connectivity index (χ0v) is 15.4. The number of hydrogen-bond acceptors (Lipinski definition) is 2. The van der Waals surface area contributed by atoms with Crippen LogP contribution in [0.15, 0.2) is 18.2 Å². The van der Waals surface area contributed by atoms with Gasteiger partial charge in [-0.2, -0.15) is 0 Å². The van der Waals surface area contributed by atoms with E-state index in [0.717, 1.165) is 42.7 Å². The van der Waals surface area contributed by atoms with Crippen LogP contribution in [0.4, 0.5) is 10.5 Å². The van der Waals surface area contributed by atoms with E-state index in [4.69, 9.17) is 0 Å². The second-order valence-corrected chi connectivity index (χ2v) is 7.04. The van der Waals surface area contributed by atoms with Gasteiger partial charge in [0.1, 0.15) is 0 Å². The number of aryl methyl sites for hydroxylation is 2. The monoisotopic (exact) mass is 331 g/mol. The molecule has 0 atom stereocenters. The fourth-order valence-corrected chi connectivity index (χ4v) is 3.52. The van der Waals surface area contributed by atoms with E-state index in [0.29, 0.717) is 0 Å². The number of anilines is 1. The van der Waals surface area contributed by atoms with Gasteiger partial charge in [-0.3, -0.25) is 4.79 Å². The Labute approximate surface area is 145 Å². The lowest BCUT2D eigenvalue weighted by molar-refractivity contribution is -0.130. The summed E-state index contributed by atoms with van der Waals surface area (Å²) in [5.74, 6) is 0.115. The van der Waals surface area contributed by atoms with Crippen LogP contribution in [0.25, 0.3) is 0 Å². The molecule has 1 aliphatic heterocycles. The number of nitrogens with zero attached hydrogens (tertiary/aromatic N) is 2. The van der Waals surface area contributed by atoms with Crippen LogP contribution < -0.4 is 5.32 Å². The molecule has 3 amide bonds. The maximum Gasteiger partial charge on any atom is 0.322 e. The SMILES string of the molecule is CC(=O)N1CCC(N(C(=O)Nc2cc(C)cc(C)c2)C(C)C)CC1. The molecule has 5 nitrogen and oxygen atoms in total. The minimum atomic E-state index is -0.0590. The van der Waals surface area contributed by atoms with Gasteiger partial charge in [0.2, 0.25) is 5.91 Å². The van der Waals surface area contributed by atoms with Gasteiger partial charge in [-0.15, -0.1) is 0 Å². The van der Waals surface area contributed by atoms with E-state index in [-0.39, 0.29) is 24.0 Å². The molecule has 1 aromatic carbocycles. The molecule has 0 unspecified atom stereocenters. The zero-order chi connectivity index (χ0) is 17.9. The van der Waals surface area contributed by atoms with Crippen LogP contribution in [0.1, 0.15) is 44.7 Å². The van der Waals surface area contributed by atoms with Crippen LogP contribution >= 0.6 is 0 Å². The minimum absolute atomic E-state index is 0.0590. The van der Waals surface area contributed by atoms with Crippen molar-refractivity contribution in [1.82, 2.24) is 9.80 Å². The molecule has 1 aromatic rings. The highest BCUT2D eigenvalue weighted by Gasteiger charge is 2.30. The molecule has 0 aliphatic carbocycles. The molecule has 132 valence electrons. The van der Waals surface area contributed by atoms with Crippen LogP contribution in [-0.2, 0) is 4.79 Å². The number of carbonyl (C=O) groups excluding carboxylic acids is 2. The highest BCUT2D eigenvalue weighted by atomic mass is 16.2. The summed E-state index contributed by atoms with van der Waals surface area (Å²) in [6.07, 6.45) is 1.66. The summed E-state index contributed by atoms with van der Waals surface area (Å²) in [5.41, 5.74) is 3.11. The van der Waals surface area contributed by atoms with Crippen LogP contribution in [-0.4, -0.2) is 46.9 Å². The predicted molar refractivity (Wildman–Crippen MR) is 97.2 cm³/mol. The van der Waals surface area contributed by atoms with Crippen LogP contribution in [0.3, 0.4) is 0 Å². The third kappa shape index (κ3) is 4.49. The van der Waals surface area contributed by atoms with Crippen molar-refractivity contribution >= 4 is 17.6 Å². The van der Waals surface area contributed by atoms with Crippen LogP contribution in [0.5, 0.6) is 0 Å². The molecule has 1 heterocycles. The highest BCUT2D eigenvalue weighted by molar-refractivity contribution is 5.90. The normalized spacial score (nSPS) is 15.5. The van der Waals surface area contributed by atoms with E-state index in [1.807, 2.05) is 49.6 Å². The Bertz CT molecular complexity index is 584. The van der Waals surface area contributed by atoms with Gasteiger partial charge in [0.25, 0.3) is 0 Å². The van der Waals surface area contributed by atoms with E-state index >= 15 is 0 Å². The van der Waals surface area contributed by atoms with Gasteiger partial charge in [-0.25, -0.2) is 4.79 Å². The second kappa shape index (κ2) is 7.69. The number of carbonyl (C=O) groups is 2. The minimum Gasteiger partial charge on any atom is -0.343 e. The molecule has 0 spiro atoms. The van der Waals surface area contributed by atoms with E-state index in [2.05, 4.69) is 11.4 Å². The lowest BCUT2D eigenvalue weighted by Crippen LogP contribution is -2.52. The molecule has 0 aromatic heterocycles. The molecule has 1 aliphatic rings. The van der Waals surface area contributed by atoms with Gasteiger partial charge in [0, 0.05) is 37.8 Å². The van der Waals surface area contributed by atoms with Crippen LogP contribution in [0.2, 0.25) is 0 Å². The molecular weight excluding hydrogens is 302 g/mol. The van der Waals surface area contributed by atoms with Crippen molar-refractivity contribution in [3.8, 4) is 0 Å². The van der Waals surface area contributed by atoms with Gasteiger partial charge in [0.05, 0.1) is 0 Å². The van der Waals surface area contributed by atoms with Gasteiger partial charge < -0.3 is 15.1 Å². The molecule has 1 fully saturated rings. The summed E-state index contributed by atoms with van der Waals surface area (Å²) >= 11 is 0. The Morgan fingerprint density at radius 3 is 2.12 bits per heavy atom. The number of nitrogens with one attached hydrogen (secondary N) is 1. The molecule has 0 bridgehead atoms. The first-order valence-electron chi connectivity index (χ1n) is 8.71. The number of hydrogen-bond donors (Lipinski definition) is 1. The number of amides is 3. The first-order chi connectivity index (χ1) is 11.3. The Balaban J connectivity index is 2.07. The number of rotatable bonds is 3. The van der Waals surface area contributed by atoms with Crippen molar-refractivity contribution in [1.29, 1.82) is 0 Å². The number of urea groups is 1. The first-order valence-corrected chi connectivity index (χ1v) is 8.71. The lowest BCUT2D eigenvalue weighted by Gasteiger charge is -2.40. The van der Waals surface area contributed by atoms with Crippen molar-refractivity contribution in [3.63, 3.8) is 0 Å². The number of piperidine rings is 1. The molecule has 0 saturated carbocycles. The average Bonchev–Trinajstić information content (AvgIpc) is 2.46. The van der Waals surface area contributed by atoms with Crippen molar-refractivity contribution in [2.75, 3.05) is 18.4 Å². The fraction of sp³-hybridized carbons (Fsp3) is 0.579. The predicted octanol–water partition coefficient (Wildman–Crippen LogP) is 3.56. The topological polar surface area (TPSA) is 52.7 Å². The third-order valence-electron chi connectivity index (χ3n) is 4.57. The smallest absolute Gasteiger partial charge is 0.322 e. The summed E-state index contributed by atoms with van der Waals surface area (Å²) in [4.78, 5) is 28.1. The van der Waals surface area contributed by atoms with Gasteiger partial charge in [-0.05, 0) is 63.8 Å². The Kier molecular flexibility index (Phi) is 5.86. The first kappa shape index (κ1) is 18.3. The van der Waals surface area contributed by atoms with E-state index < -0.39 is 0 Å². The molecule has 24 heavy (non-hydrogen) atoms. The van der Waals surface area contributed by atoms with Crippen molar-refractivity contribution in [2.24, 2.45) is 0 Å². The Morgan fingerprint density at radius 2 is 1.67 bits per heavy atom. The lowest BCUT2D eigenvalue weighted by atomic mass is 10.0. The number of benzene rings is 1. The van der Waals surface area contributed by atoms with Crippen molar-refractivity contribution in [2.45, 2.75) is 59.5 Å². The molecule has 1 N–H and O–H groups in total. The van der Waals surface area contributed by atoms with Crippen molar-refractivity contribution < 1.29 is 9.59 Å². The van der Waals surface area contributed by atoms with E-state index in [9.17, 15) is 9.59 Å². The van der Waals surface area contributed by atoms with E-state index in [1.165, 1.54) is 0 Å². The van der Waals surface area contributed by atoms with Gasteiger partial charge in [0.15, 0.2) is 0 Å². The molecule has 2 rings (SSSR count). The summed E-state index contributed by atoms with van der Waals surface area (Å²) < 4.78 is 0. The number of likely N-dealkylation sites (tertiary alicyclic amines) is 1. The highest BCUT2D eigenvalue weighted by Crippen LogP contribution is 2.21. The van der Waals surface area contributed by atoms with Gasteiger partial charge in [-0.1, -0.05) is 6.07 Å².